The number of hydrogen-bond acceptors (Lipinski definition) is 7. The zero-order valence-corrected chi connectivity index (χ0v) is 17.8. The quantitative estimate of drug-likeness (QED) is 0.575. The van der Waals surface area contributed by atoms with Crippen molar-refractivity contribution in [3.05, 3.63) is 45.7 Å². The van der Waals surface area contributed by atoms with Crippen LogP contribution in [-0.2, 0) is 10.0 Å². The summed E-state index contributed by atoms with van der Waals surface area (Å²) in [6.07, 6.45) is 1.76. The third kappa shape index (κ3) is 3.88. The van der Waals surface area contributed by atoms with Crippen LogP contribution in [-0.4, -0.2) is 41.9 Å². The predicted octanol–water partition coefficient (Wildman–Crippen LogP) is 3.60. The molecule has 1 aliphatic rings. The van der Waals surface area contributed by atoms with Gasteiger partial charge in [0.05, 0.1) is 13.6 Å². The molecule has 1 aliphatic carbocycles. The lowest BCUT2D eigenvalue weighted by Gasteiger charge is -2.16. The smallest absolute Gasteiger partial charge is 0.322 e. The summed E-state index contributed by atoms with van der Waals surface area (Å²) < 4.78 is 32.8. The number of rotatable bonds is 6. The molecular weight excluding hydrogens is 468 g/mol. The van der Waals surface area contributed by atoms with Gasteiger partial charge in [-0.25, -0.2) is 8.42 Å². The van der Waals surface area contributed by atoms with Gasteiger partial charge < -0.3 is 4.42 Å². The van der Waals surface area contributed by atoms with Gasteiger partial charge in [0.1, 0.15) is 0 Å². The summed E-state index contributed by atoms with van der Waals surface area (Å²) in [5, 5.41) is 10.2. The fraction of sp³-hybridized carbons (Fsp3) is 0.235. The Morgan fingerprint density at radius 2 is 1.93 bits per heavy atom. The van der Waals surface area contributed by atoms with Crippen molar-refractivity contribution >= 4 is 49.2 Å². The second-order valence-electron chi connectivity index (χ2n) is 6.25. The molecule has 0 radical (unpaired) electrons. The van der Waals surface area contributed by atoms with Gasteiger partial charge in [-0.2, -0.15) is 4.31 Å². The molecule has 1 fully saturated rings. The maximum Gasteiger partial charge on any atom is 0.322 e. The van der Waals surface area contributed by atoms with Crippen LogP contribution in [0.5, 0.6) is 0 Å². The van der Waals surface area contributed by atoms with Crippen molar-refractivity contribution in [1.82, 2.24) is 14.5 Å². The highest BCUT2D eigenvalue weighted by molar-refractivity contribution is 9.11. The van der Waals surface area contributed by atoms with E-state index < -0.39 is 15.9 Å². The van der Waals surface area contributed by atoms with E-state index in [1.807, 2.05) is 12.1 Å². The number of benzene rings is 1. The second kappa shape index (κ2) is 7.39. The van der Waals surface area contributed by atoms with Crippen LogP contribution in [0, 0.1) is 0 Å². The van der Waals surface area contributed by atoms with Gasteiger partial charge in [0, 0.05) is 18.7 Å². The summed E-state index contributed by atoms with van der Waals surface area (Å²) in [5.41, 5.74) is 0.284. The van der Waals surface area contributed by atoms with E-state index in [0.29, 0.717) is 5.89 Å². The number of thiophene rings is 1. The van der Waals surface area contributed by atoms with Crippen LogP contribution in [0.3, 0.4) is 0 Å². The minimum absolute atomic E-state index is 0.0327. The highest BCUT2D eigenvalue weighted by Gasteiger charge is 2.35. The molecule has 0 unspecified atom stereocenters. The summed E-state index contributed by atoms with van der Waals surface area (Å²) >= 11 is 4.79. The molecule has 8 nitrogen and oxygen atoms in total. The highest BCUT2D eigenvalue weighted by atomic mass is 79.9. The van der Waals surface area contributed by atoms with Crippen molar-refractivity contribution in [1.29, 1.82) is 0 Å². The minimum Gasteiger partial charge on any atom is -0.402 e. The van der Waals surface area contributed by atoms with Crippen molar-refractivity contribution in [2.75, 3.05) is 12.4 Å². The van der Waals surface area contributed by atoms with E-state index in [-0.39, 0.29) is 22.5 Å². The van der Waals surface area contributed by atoms with Crippen LogP contribution >= 0.6 is 27.3 Å². The van der Waals surface area contributed by atoms with E-state index in [2.05, 4.69) is 31.4 Å². The first-order chi connectivity index (χ1) is 13.3. The van der Waals surface area contributed by atoms with E-state index in [4.69, 9.17) is 4.42 Å². The average Bonchev–Trinajstić information content (AvgIpc) is 3.28. The molecule has 1 aromatic carbocycles. The van der Waals surface area contributed by atoms with Crippen LogP contribution in [0.1, 0.15) is 23.2 Å². The largest absolute Gasteiger partial charge is 0.402 e. The number of carbonyl (C=O) groups is 1. The lowest BCUT2D eigenvalue weighted by molar-refractivity contribution is 0.102. The van der Waals surface area contributed by atoms with E-state index in [9.17, 15) is 13.2 Å². The number of carbonyl (C=O) groups excluding carboxylic acids is 1. The number of sulfonamides is 1. The Morgan fingerprint density at radius 3 is 2.54 bits per heavy atom. The fourth-order valence-corrected chi connectivity index (χ4v) is 5.27. The molecule has 0 atom stereocenters. The third-order valence-corrected chi connectivity index (χ3v) is 7.82. The predicted molar refractivity (Wildman–Crippen MR) is 108 cm³/mol. The molecule has 2 heterocycles. The first kappa shape index (κ1) is 19.2. The zero-order chi connectivity index (χ0) is 19.9. The van der Waals surface area contributed by atoms with Crippen molar-refractivity contribution in [3.8, 4) is 10.8 Å². The number of aromatic nitrogens is 2. The molecule has 1 N–H and O–H groups in total. The molecule has 4 rings (SSSR count). The SMILES string of the molecule is CN(C1CC1)S(=O)(=O)c1ccc(C(=O)Nc2nnc(-c3ccc(Br)s3)o2)cc1. The highest BCUT2D eigenvalue weighted by Crippen LogP contribution is 2.32. The van der Waals surface area contributed by atoms with Crippen LogP contribution < -0.4 is 5.32 Å². The number of nitrogens with zero attached hydrogens (tertiary/aromatic N) is 3. The van der Waals surface area contributed by atoms with E-state index in [0.717, 1.165) is 21.5 Å². The summed E-state index contributed by atoms with van der Waals surface area (Å²) in [7, 11) is -1.97. The molecule has 2 aromatic heterocycles. The molecule has 146 valence electrons. The van der Waals surface area contributed by atoms with Gasteiger partial charge in [-0.15, -0.1) is 16.4 Å². The lowest BCUT2D eigenvalue weighted by Crippen LogP contribution is -2.29. The summed E-state index contributed by atoms with van der Waals surface area (Å²) in [5.74, 6) is -0.169. The maximum absolute atomic E-state index is 12.5. The van der Waals surface area contributed by atoms with Gasteiger partial charge in [0.25, 0.3) is 11.8 Å². The molecule has 3 aromatic rings. The van der Waals surface area contributed by atoms with Gasteiger partial charge in [-0.1, -0.05) is 5.10 Å². The van der Waals surface area contributed by atoms with Crippen LogP contribution in [0.25, 0.3) is 10.8 Å². The van der Waals surface area contributed by atoms with Gasteiger partial charge in [-0.05, 0) is 65.2 Å². The van der Waals surface area contributed by atoms with Gasteiger partial charge in [0.15, 0.2) is 0 Å². The maximum atomic E-state index is 12.5. The van der Waals surface area contributed by atoms with Crippen LogP contribution in [0.2, 0.25) is 0 Å². The van der Waals surface area contributed by atoms with Gasteiger partial charge >= 0.3 is 6.01 Å². The third-order valence-electron chi connectivity index (χ3n) is 4.28. The summed E-state index contributed by atoms with van der Waals surface area (Å²) in [6.45, 7) is 0. The van der Waals surface area contributed by atoms with E-state index in [1.54, 1.807) is 7.05 Å². The summed E-state index contributed by atoms with van der Waals surface area (Å²) in [4.78, 5) is 13.3. The molecule has 0 saturated heterocycles. The lowest BCUT2D eigenvalue weighted by atomic mass is 10.2. The number of anilines is 1. The molecule has 28 heavy (non-hydrogen) atoms. The second-order valence-corrected chi connectivity index (χ2v) is 10.7. The molecule has 0 aliphatic heterocycles. The molecule has 11 heteroatoms. The minimum atomic E-state index is -3.54. The first-order valence-electron chi connectivity index (χ1n) is 8.33. The van der Waals surface area contributed by atoms with Crippen molar-refractivity contribution in [2.45, 2.75) is 23.8 Å². The van der Waals surface area contributed by atoms with Crippen molar-refractivity contribution < 1.29 is 17.6 Å². The Bertz CT molecular complexity index is 1120. The van der Waals surface area contributed by atoms with Crippen LogP contribution in [0.15, 0.2) is 49.5 Å². The fourth-order valence-electron chi connectivity index (χ4n) is 2.55. The number of halogens is 1. The number of hydrogen-bond donors (Lipinski definition) is 1. The Balaban J connectivity index is 1.46. The van der Waals surface area contributed by atoms with Gasteiger partial charge in [0.2, 0.25) is 10.0 Å². The Hall–Kier alpha value is -2.08. The molecular formula is C17H15BrN4O4S2. The number of amides is 1. The molecule has 0 spiro atoms. The Kier molecular flexibility index (Phi) is 5.08. The standard InChI is InChI=1S/C17H15BrN4O4S2/c1-22(11-4-5-11)28(24,25)12-6-2-10(3-7-12)15(23)19-17-21-20-16(26-17)13-8-9-14(18)27-13/h2-3,6-9,11H,4-5H2,1H3,(H,19,21,23). The Morgan fingerprint density at radius 1 is 1.21 bits per heavy atom. The van der Waals surface area contributed by atoms with Crippen molar-refractivity contribution in [2.24, 2.45) is 0 Å². The number of nitrogens with one attached hydrogen (secondary N) is 1. The zero-order valence-electron chi connectivity index (χ0n) is 14.6. The topological polar surface area (TPSA) is 105 Å². The van der Waals surface area contributed by atoms with Gasteiger partial charge in [-0.3, -0.25) is 10.1 Å². The Labute approximate surface area is 173 Å². The van der Waals surface area contributed by atoms with Crippen molar-refractivity contribution in [3.63, 3.8) is 0 Å². The first-order valence-corrected chi connectivity index (χ1v) is 11.4. The molecule has 0 bridgehead atoms. The summed E-state index contributed by atoms with van der Waals surface area (Å²) in [6, 6.07) is 9.48. The van der Waals surface area contributed by atoms with Crippen LogP contribution in [0.4, 0.5) is 6.01 Å². The van der Waals surface area contributed by atoms with E-state index in [1.165, 1.54) is 39.9 Å². The monoisotopic (exact) mass is 482 g/mol. The average molecular weight is 483 g/mol. The molecule has 1 amide bonds. The normalized spacial score (nSPS) is 14.4. The molecule has 1 saturated carbocycles. The van der Waals surface area contributed by atoms with E-state index >= 15 is 0 Å².